The number of anilines is 1. The quantitative estimate of drug-likeness (QED) is 0.856. The third kappa shape index (κ3) is 3.51. The van der Waals surface area contributed by atoms with Crippen molar-refractivity contribution >= 4 is 23.5 Å². The van der Waals surface area contributed by atoms with E-state index in [0.717, 1.165) is 11.1 Å². The highest BCUT2D eigenvalue weighted by Crippen LogP contribution is 2.13. The van der Waals surface area contributed by atoms with E-state index in [-0.39, 0.29) is 11.9 Å². The lowest BCUT2D eigenvalue weighted by atomic mass is 10.1. The monoisotopic (exact) mass is 275 g/mol. The molecule has 5 heteroatoms. The second-order valence-electron chi connectivity index (χ2n) is 4.49. The molecule has 0 aliphatic rings. The number of hydrogen-bond donors (Lipinski definition) is 1. The van der Waals surface area contributed by atoms with Crippen LogP contribution in [0.2, 0.25) is 5.15 Å². The molecule has 0 radical (unpaired) electrons. The number of halogens is 1. The summed E-state index contributed by atoms with van der Waals surface area (Å²) in [5, 5.41) is 2.96. The molecule has 1 N–H and O–H groups in total. The van der Waals surface area contributed by atoms with Gasteiger partial charge in [-0.15, -0.1) is 0 Å². The molecule has 0 saturated heterocycles. The average molecular weight is 276 g/mol. The fraction of sp³-hybridized carbons (Fsp3) is 0.214. The maximum absolute atomic E-state index is 12.1. The van der Waals surface area contributed by atoms with Crippen LogP contribution < -0.4 is 5.32 Å². The normalized spacial score (nSPS) is 10.3. The summed E-state index contributed by atoms with van der Waals surface area (Å²) in [6.07, 6.45) is 0. The predicted molar refractivity (Wildman–Crippen MR) is 75.6 cm³/mol. The van der Waals surface area contributed by atoms with Crippen molar-refractivity contribution in [2.75, 3.05) is 5.32 Å². The topological polar surface area (TPSA) is 54.9 Å². The van der Waals surface area contributed by atoms with E-state index in [1.54, 1.807) is 13.0 Å². The van der Waals surface area contributed by atoms with Crippen LogP contribution in [0.25, 0.3) is 0 Å². The van der Waals surface area contributed by atoms with Crippen LogP contribution in [-0.2, 0) is 0 Å². The predicted octanol–water partition coefficient (Wildman–Crippen LogP) is 3.31. The van der Waals surface area contributed by atoms with Crippen LogP contribution in [0.3, 0.4) is 0 Å². The Morgan fingerprint density at radius 1 is 1.05 bits per heavy atom. The summed E-state index contributed by atoms with van der Waals surface area (Å²) >= 11 is 5.83. The molecule has 0 fully saturated rings. The van der Waals surface area contributed by atoms with Crippen LogP contribution in [0.15, 0.2) is 24.3 Å². The van der Waals surface area contributed by atoms with Gasteiger partial charge in [-0.05, 0) is 39.0 Å². The minimum atomic E-state index is -0.242. The first-order valence-electron chi connectivity index (χ1n) is 5.85. The number of carbonyl (C=O) groups is 1. The zero-order valence-corrected chi connectivity index (χ0v) is 11.7. The lowest BCUT2D eigenvalue weighted by Crippen LogP contribution is -2.15. The lowest BCUT2D eigenvalue weighted by Gasteiger charge is -2.06. The van der Waals surface area contributed by atoms with Gasteiger partial charge < -0.3 is 0 Å². The molecule has 98 valence electrons. The van der Waals surface area contributed by atoms with E-state index in [4.69, 9.17) is 11.6 Å². The Morgan fingerprint density at radius 3 is 2.26 bits per heavy atom. The molecule has 2 rings (SSSR count). The van der Waals surface area contributed by atoms with Crippen LogP contribution in [0.4, 0.5) is 5.95 Å². The van der Waals surface area contributed by atoms with E-state index in [2.05, 4.69) is 15.3 Å². The first-order valence-corrected chi connectivity index (χ1v) is 6.22. The molecule has 0 aliphatic carbocycles. The molecule has 0 spiro atoms. The van der Waals surface area contributed by atoms with E-state index >= 15 is 0 Å². The molecule has 0 bridgehead atoms. The van der Waals surface area contributed by atoms with E-state index in [9.17, 15) is 4.79 Å². The first-order chi connectivity index (χ1) is 8.94. The van der Waals surface area contributed by atoms with Crippen molar-refractivity contribution in [3.63, 3.8) is 0 Å². The highest BCUT2D eigenvalue weighted by atomic mass is 35.5. The van der Waals surface area contributed by atoms with Crippen molar-refractivity contribution in [3.05, 3.63) is 51.8 Å². The van der Waals surface area contributed by atoms with Gasteiger partial charge in [0.25, 0.3) is 5.91 Å². The summed E-state index contributed by atoms with van der Waals surface area (Å²) < 4.78 is 0. The summed E-state index contributed by atoms with van der Waals surface area (Å²) in [5.41, 5.74) is 3.36. The Labute approximate surface area is 116 Å². The third-order valence-corrected chi connectivity index (χ3v) is 2.73. The largest absolute Gasteiger partial charge is 0.290 e. The van der Waals surface area contributed by atoms with Gasteiger partial charge in [0.2, 0.25) is 5.95 Å². The van der Waals surface area contributed by atoms with Crippen molar-refractivity contribution in [1.29, 1.82) is 0 Å². The zero-order valence-electron chi connectivity index (χ0n) is 11.0. The van der Waals surface area contributed by atoms with Crippen molar-refractivity contribution in [2.45, 2.75) is 20.8 Å². The van der Waals surface area contributed by atoms with E-state index < -0.39 is 0 Å². The SMILES string of the molecule is Cc1cc(C)cc(C(=O)Nc2nc(C)cc(Cl)n2)c1. The summed E-state index contributed by atoms with van der Waals surface area (Å²) in [5.74, 6) is -0.0253. The Hall–Kier alpha value is -1.94. The molecule has 0 atom stereocenters. The summed E-state index contributed by atoms with van der Waals surface area (Å²) in [6, 6.07) is 7.28. The molecule has 1 heterocycles. The Balaban J connectivity index is 2.25. The van der Waals surface area contributed by atoms with E-state index in [1.807, 2.05) is 32.0 Å². The number of aromatic nitrogens is 2. The second-order valence-corrected chi connectivity index (χ2v) is 4.87. The Kier molecular flexibility index (Phi) is 3.81. The van der Waals surface area contributed by atoms with Crippen LogP contribution in [-0.4, -0.2) is 15.9 Å². The minimum absolute atomic E-state index is 0.217. The number of benzene rings is 1. The molecular formula is C14H14ClN3O. The second kappa shape index (κ2) is 5.36. The van der Waals surface area contributed by atoms with Gasteiger partial charge in [-0.3, -0.25) is 10.1 Å². The smallest absolute Gasteiger partial charge is 0.258 e. The zero-order chi connectivity index (χ0) is 14.0. The number of aryl methyl sites for hydroxylation is 3. The van der Waals surface area contributed by atoms with E-state index in [1.165, 1.54) is 0 Å². The molecular weight excluding hydrogens is 262 g/mol. The van der Waals surface area contributed by atoms with Crippen molar-refractivity contribution in [1.82, 2.24) is 9.97 Å². The number of carbonyl (C=O) groups excluding carboxylic acids is 1. The van der Waals surface area contributed by atoms with Gasteiger partial charge in [-0.2, -0.15) is 0 Å². The molecule has 0 unspecified atom stereocenters. The van der Waals surface area contributed by atoms with Gasteiger partial charge in [-0.1, -0.05) is 28.8 Å². The third-order valence-electron chi connectivity index (χ3n) is 2.53. The van der Waals surface area contributed by atoms with Crippen LogP contribution >= 0.6 is 11.6 Å². The highest BCUT2D eigenvalue weighted by molar-refractivity contribution is 6.29. The van der Waals surface area contributed by atoms with Gasteiger partial charge in [-0.25, -0.2) is 9.97 Å². The van der Waals surface area contributed by atoms with Crippen molar-refractivity contribution < 1.29 is 4.79 Å². The number of nitrogens with one attached hydrogen (secondary N) is 1. The van der Waals surface area contributed by atoms with Gasteiger partial charge in [0.05, 0.1) is 0 Å². The number of amides is 1. The maximum Gasteiger partial charge on any atom is 0.258 e. The van der Waals surface area contributed by atoms with Crippen LogP contribution in [0, 0.1) is 20.8 Å². The molecule has 1 amide bonds. The minimum Gasteiger partial charge on any atom is -0.290 e. The maximum atomic E-state index is 12.1. The molecule has 4 nitrogen and oxygen atoms in total. The summed E-state index contributed by atoms with van der Waals surface area (Å²) in [7, 11) is 0. The van der Waals surface area contributed by atoms with Crippen molar-refractivity contribution in [2.24, 2.45) is 0 Å². The van der Waals surface area contributed by atoms with E-state index in [0.29, 0.717) is 16.4 Å². The van der Waals surface area contributed by atoms with Gasteiger partial charge in [0, 0.05) is 11.3 Å². The summed E-state index contributed by atoms with van der Waals surface area (Å²) in [6.45, 7) is 5.69. The fourth-order valence-electron chi connectivity index (χ4n) is 1.87. The molecule has 19 heavy (non-hydrogen) atoms. The molecule has 2 aromatic rings. The Morgan fingerprint density at radius 2 is 1.68 bits per heavy atom. The summed E-state index contributed by atoms with van der Waals surface area (Å²) in [4.78, 5) is 20.2. The lowest BCUT2D eigenvalue weighted by molar-refractivity contribution is 0.102. The fourth-order valence-corrected chi connectivity index (χ4v) is 2.10. The molecule has 0 saturated carbocycles. The molecule has 1 aromatic carbocycles. The molecule has 0 aliphatic heterocycles. The molecule has 1 aromatic heterocycles. The van der Waals surface area contributed by atoms with Crippen LogP contribution in [0.5, 0.6) is 0 Å². The number of rotatable bonds is 2. The van der Waals surface area contributed by atoms with Crippen molar-refractivity contribution in [3.8, 4) is 0 Å². The number of hydrogen-bond acceptors (Lipinski definition) is 3. The van der Waals surface area contributed by atoms with Crippen LogP contribution in [0.1, 0.15) is 27.2 Å². The highest BCUT2D eigenvalue weighted by Gasteiger charge is 2.09. The van der Waals surface area contributed by atoms with Gasteiger partial charge >= 0.3 is 0 Å². The number of nitrogens with zero attached hydrogens (tertiary/aromatic N) is 2. The van der Waals surface area contributed by atoms with Gasteiger partial charge in [0.1, 0.15) is 5.15 Å². The Bertz CT molecular complexity index is 600. The standard InChI is InChI=1S/C14H14ClN3O/c1-8-4-9(2)6-11(5-8)13(19)18-14-16-10(3)7-12(15)17-14/h4-7H,1-3H3,(H,16,17,18,19). The average Bonchev–Trinajstić information content (AvgIpc) is 2.25. The van der Waals surface area contributed by atoms with Gasteiger partial charge in [0.15, 0.2) is 0 Å². The first kappa shape index (κ1) is 13.5.